The van der Waals surface area contributed by atoms with Crippen molar-refractivity contribution in [3.63, 3.8) is 0 Å². The highest BCUT2D eigenvalue weighted by molar-refractivity contribution is 5.92. The number of hydrogen-bond acceptors (Lipinski definition) is 2. The molecule has 0 bridgehead atoms. The number of hydrogen-bond donors (Lipinski definition) is 2. The number of benzene rings is 2. The number of aryl methyl sites for hydroxylation is 1. The van der Waals surface area contributed by atoms with Crippen molar-refractivity contribution in [2.75, 3.05) is 11.1 Å². The van der Waals surface area contributed by atoms with Gasteiger partial charge in [-0.2, -0.15) is 0 Å². The highest BCUT2D eigenvalue weighted by Crippen LogP contribution is 2.10. The highest BCUT2D eigenvalue weighted by atomic mass is 16.1. The summed E-state index contributed by atoms with van der Waals surface area (Å²) in [7, 11) is 0. The summed E-state index contributed by atoms with van der Waals surface area (Å²) in [6.45, 7) is 2.01. The normalized spacial score (nSPS) is 10.1. The van der Waals surface area contributed by atoms with E-state index in [1.807, 2.05) is 43.3 Å². The lowest BCUT2D eigenvalue weighted by molar-refractivity contribution is -0.115. The van der Waals surface area contributed by atoms with Gasteiger partial charge in [0, 0.05) is 11.4 Å². The molecule has 0 unspecified atom stereocenters. The van der Waals surface area contributed by atoms with Crippen LogP contribution in [0.5, 0.6) is 0 Å². The second-order valence-corrected chi connectivity index (χ2v) is 4.33. The van der Waals surface area contributed by atoms with Crippen molar-refractivity contribution in [3.8, 4) is 0 Å². The monoisotopic (exact) mass is 240 g/mol. The van der Waals surface area contributed by atoms with Gasteiger partial charge in [-0.15, -0.1) is 0 Å². The van der Waals surface area contributed by atoms with E-state index in [4.69, 9.17) is 5.73 Å². The SMILES string of the molecule is Cc1ccc(NC(=O)Cc2ccc(N)cc2)cc1. The lowest BCUT2D eigenvalue weighted by atomic mass is 10.1. The van der Waals surface area contributed by atoms with Crippen molar-refractivity contribution in [1.29, 1.82) is 0 Å². The largest absolute Gasteiger partial charge is 0.399 e. The summed E-state index contributed by atoms with van der Waals surface area (Å²) < 4.78 is 0. The Bertz CT molecular complexity index is 480. The first-order valence-electron chi connectivity index (χ1n) is 5.84. The van der Waals surface area contributed by atoms with E-state index < -0.39 is 0 Å². The molecule has 18 heavy (non-hydrogen) atoms. The molecule has 92 valence electrons. The minimum atomic E-state index is -0.0244. The van der Waals surface area contributed by atoms with Crippen molar-refractivity contribution in [2.24, 2.45) is 0 Å². The third-order valence-corrected chi connectivity index (χ3v) is 2.68. The van der Waals surface area contributed by atoms with E-state index in [1.165, 1.54) is 5.56 Å². The molecule has 0 spiro atoms. The summed E-state index contributed by atoms with van der Waals surface area (Å²) >= 11 is 0. The molecule has 3 nitrogen and oxygen atoms in total. The van der Waals surface area contributed by atoms with Crippen LogP contribution in [-0.2, 0) is 11.2 Å². The summed E-state index contributed by atoms with van der Waals surface area (Å²) in [4.78, 5) is 11.8. The quantitative estimate of drug-likeness (QED) is 0.810. The molecule has 1 amide bonds. The molecule has 0 saturated carbocycles. The predicted octanol–water partition coefficient (Wildman–Crippen LogP) is 2.76. The third kappa shape index (κ3) is 3.35. The van der Waals surface area contributed by atoms with Gasteiger partial charge in [0.1, 0.15) is 0 Å². The summed E-state index contributed by atoms with van der Waals surface area (Å²) in [6, 6.07) is 15.1. The zero-order valence-corrected chi connectivity index (χ0v) is 10.3. The van der Waals surface area contributed by atoms with Crippen LogP contribution < -0.4 is 11.1 Å². The second kappa shape index (κ2) is 5.36. The molecule has 2 rings (SSSR count). The van der Waals surface area contributed by atoms with Gasteiger partial charge in [-0.3, -0.25) is 4.79 Å². The molecule has 0 atom stereocenters. The number of carbonyl (C=O) groups excluding carboxylic acids is 1. The molecule has 3 heteroatoms. The van der Waals surface area contributed by atoms with E-state index in [-0.39, 0.29) is 5.91 Å². The van der Waals surface area contributed by atoms with Crippen LogP contribution in [0.4, 0.5) is 11.4 Å². The molecule has 2 aromatic rings. The Hall–Kier alpha value is -2.29. The number of carbonyl (C=O) groups is 1. The lowest BCUT2D eigenvalue weighted by Gasteiger charge is -2.06. The van der Waals surface area contributed by atoms with Crippen LogP contribution in [0.3, 0.4) is 0 Å². The van der Waals surface area contributed by atoms with Crippen molar-refractivity contribution in [1.82, 2.24) is 0 Å². The summed E-state index contributed by atoms with van der Waals surface area (Å²) in [5.74, 6) is -0.0244. The van der Waals surface area contributed by atoms with Gasteiger partial charge >= 0.3 is 0 Å². The Morgan fingerprint density at radius 3 is 2.28 bits per heavy atom. The molecular weight excluding hydrogens is 224 g/mol. The van der Waals surface area contributed by atoms with Gasteiger partial charge in [-0.25, -0.2) is 0 Å². The summed E-state index contributed by atoms with van der Waals surface area (Å²) in [5.41, 5.74) is 9.25. The molecule has 0 aliphatic carbocycles. The number of nitrogens with two attached hydrogens (primary N) is 1. The highest BCUT2D eigenvalue weighted by Gasteiger charge is 2.03. The fourth-order valence-electron chi connectivity index (χ4n) is 1.66. The maximum absolute atomic E-state index is 11.8. The van der Waals surface area contributed by atoms with Gasteiger partial charge in [0.05, 0.1) is 6.42 Å². The van der Waals surface area contributed by atoms with Gasteiger partial charge in [-0.05, 0) is 36.8 Å². The number of rotatable bonds is 3. The second-order valence-electron chi connectivity index (χ2n) is 4.33. The van der Waals surface area contributed by atoms with E-state index in [9.17, 15) is 4.79 Å². The van der Waals surface area contributed by atoms with Crippen LogP contribution in [-0.4, -0.2) is 5.91 Å². The standard InChI is InChI=1S/C15H16N2O/c1-11-2-8-14(9-3-11)17-15(18)10-12-4-6-13(16)7-5-12/h2-9H,10,16H2,1H3,(H,17,18). The maximum atomic E-state index is 11.8. The lowest BCUT2D eigenvalue weighted by Crippen LogP contribution is -2.14. The number of nitrogen functional groups attached to an aromatic ring is 1. The van der Waals surface area contributed by atoms with Gasteiger partial charge in [0.2, 0.25) is 5.91 Å². The number of anilines is 2. The molecule has 0 saturated heterocycles. The van der Waals surface area contributed by atoms with Crippen LogP contribution in [0.2, 0.25) is 0 Å². The van der Waals surface area contributed by atoms with Crippen LogP contribution in [0.15, 0.2) is 48.5 Å². The molecule has 0 fully saturated rings. The fraction of sp³-hybridized carbons (Fsp3) is 0.133. The molecule has 0 aliphatic rings. The van der Waals surface area contributed by atoms with Crippen LogP contribution in [0, 0.1) is 6.92 Å². The van der Waals surface area contributed by atoms with Crippen molar-refractivity contribution < 1.29 is 4.79 Å². The molecule has 3 N–H and O–H groups in total. The van der Waals surface area contributed by atoms with Crippen molar-refractivity contribution in [3.05, 3.63) is 59.7 Å². The molecule has 0 radical (unpaired) electrons. The van der Waals surface area contributed by atoms with Gasteiger partial charge in [0.15, 0.2) is 0 Å². The van der Waals surface area contributed by atoms with Crippen LogP contribution in [0.1, 0.15) is 11.1 Å². The number of nitrogens with one attached hydrogen (secondary N) is 1. The molecule has 0 heterocycles. The van der Waals surface area contributed by atoms with Crippen molar-refractivity contribution >= 4 is 17.3 Å². The Labute approximate surface area is 107 Å². The van der Waals surface area contributed by atoms with E-state index in [0.29, 0.717) is 12.1 Å². The minimum Gasteiger partial charge on any atom is -0.399 e. The predicted molar refractivity (Wildman–Crippen MR) is 74.4 cm³/mol. The Balaban J connectivity index is 1.96. The Kier molecular flexibility index (Phi) is 3.63. The molecule has 0 aromatic heterocycles. The topological polar surface area (TPSA) is 55.1 Å². The first kappa shape index (κ1) is 12.2. The van der Waals surface area contributed by atoms with E-state index >= 15 is 0 Å². The smallest absolute Gasteiger partial charge is 0.228 e. The van der Waals surface area contributed by atoms with Crippen LogP contribution in [0.25, 0.3) is 0 Å². The van der Waals surface area contributed by atoms with Crippen LogP contribution >= 0.6 is 0 Å². The van der Waals surface area contributed by atoms with E-state index in [1.54, 1.807) is 12.1 Å². The maximum Gasteiger partial charge on any atom is 0.228 e. The average Bonchev–Trinajstić information content (AvgIpc) is 2.35. The zero-order valence-electron chi connectivity index (χ0n) is 10.3. The molecular formula is C15H16N2O. The molecule has 0 aliphatic heterocycles. The Morgan fingerprint density at radius 1 is 1.06 bits per heavy atom. The van der Waals surface area contributed by atoms with Gasteiger partial charge in [0.25, 0.3) is 0 Å². The summed E-state index contributed by atoms with van der Waals surface area (Å²) in [6.07, 6.45) is 0.355. The first-order valence-corrected chi connectivity index (χ1v) is 5.84. The molecule has 2 aromatic carbocycles. The third-order valence-electron chi connectivity index (χ3n) is 2.68. The van der Waals surface area contributed by atoms with E-state index in [2.05, 4.69) is 5.32 Å². The number of amides is 1. The minimum absolute atomic E-state index is 0.0244. The van der Waals surface area contributed by atoms with Gasteiger partial charge < -0.3 is 11.1 Å². The van der Waals surface area contributed by atoms with Crippen molar-refractivity contribution in [2.45, 2.75) is 13.3 Å². The summed E-state index contributed by atoms with van der Waals surface area (Å²) in [5, 5.41) is 2.86. The fourth-order valence-corrected chi connectivity index (χ4v) is 1.66. The average molecular weight is 240 g/mol. The first-order chi connectivity index (χ1) is 8.63. The zero-order chi connectivity index (χ0) is 13.0. The van der Waals surface area contributed by atoms with E-state index in [0.717, 1.165) is 11.3 Å². The van der Waals surface area contributed by atoms with Gasteiger partial charge in [-0.1, -0.05) is 29.8 Å². The Morgan fingerprint density at radius 2 is 1.67 bits per heavy atom.